The van der Waals surface area contributed by atoms with E-state index in [0.29, 0.717) is 0 Å². The smallest absolute Gasteiger partial charge is 0.243 e. The van der Waals surface area contributed by atoms with Gasteiger partial charge in [0.15, 0.2) is 0 Å². The lowest BCUT2D eigenvalue weighted by molar-refractivity contribution is 0.580. The highest BCUT2D eigenvalue weighted by atomic mass is 32.2. The lowest BCUT2D eigenvalue weighted by Crippen LogP contribution is -2.27. The summed E-state index contributed by atoms with van der Waals surface area (Å²) >= 11 is 4.84. The van der Waals surface area contributed by atoms with E-state index in [2.05, 4.69) is 9.71 Å². The fourth-order valence-corrected chi connectivity index (χ4v) is 3.25. The van der Waals surface area contributed by atoms with Crippen molar-refractivity contribution in [2.45, 2.75) is 18.4 Å². The van der Waals surface area contributed by atoms with Crippen LogP contribution in [0.2, 0.25) is 0 Å². The van der Waals surface area contributed by atoms with Gasteiger partial charge in [0.05, 0.1) is 0 Å². The molecule has 5 nitrogen and oxygen atoms in total. The van der Waals surface area contributed by atoms with Crippen LogP contribution in [0.15, 0.2) is 47.5 Å². The first-order valence-electron chi connectivity index (χ1n) is 6.21. The monoisotopic (exact) mass is 321 g/mol. The predicted molar refractivity (Wildman–Crippen MR) is 85.3 cm³/mol. The summed E-state index contributed by atoms with van der Waals surface area (Å²) in [6, 6.07) is 10.5. The topological polar surface area (TPSA) is 85.1 Å². The molecule has 0 aliphatic carbocycles. The molecule has 2 rings (SSSR count). The van der Waals surface area contributed by atoms with Crippen molar-refractivity contribution in [3.63, 3.8) is 0 Å². The molecule has 0 fully saturated rings. The minimum absolute atomic E-state index is 0.00826. The third kappa shape index (κ3) is 3.63. The van der Waals surface area contributed by atoms with Crippen LogP contribution in [0.3, 0.4) is 0 Å². The molecule has 21 heavy (non-hydrogen) atoms. The van der Waals surface area contributed by atoms with E-state index >= 15 is 0 Å². The van der Waals surface area contributed by atoms with Crippen LogP contribution in [0, 0.1) is 6.92 Å². The van der Waals surface area contributed by atoms with E-state index in [4.69, 9.17) is 18.0 Å². The summed E-state index contributed by atoms with van der Waals surface area (Å²) in [7, 11) is -3.73. The standard InChI is InChI=1S/C14H15N3O2S2/c1-10-5-2-3-6-11(10)9-17-21(18,19)12-7-4-8-16-13(12)14(15)20/h2-8,17H,9H2,1H3,(H2,15,20). The molecule has 0 radical (unpaired) electrons. The number of hydrogen-bond donors (Lipinski definition) is 2. The van der Waals surface area contributed by atoms with Crippen molar-refractivity contribution in [1.29, 1.82) is 0 Å². The number of nitrogens with zero attached hydrogens (tertiary/aromatic N) is 1. The van der Waals surface area contributed by atoms with Crippen LogP contribution in [0.1, 0.15) is 16.8 Å². The third-order valence-electron chi connectivity index (χ3n) is 3.01. The molecule has 0 aliphatic rings. The average Bonchev–Trinajstić information content (AvgIpc) is 2.46. The van der Waals surface area contributed by atoms with Gasteiger partial charge in [-0.3, -0.25) is 4.98 Å². The summed E-state index contributed by atoms with van der Waals surface area (Å²) in [5.41, 5.74) is 7.54. The molecular formula is C14H15N3O2S2. The Labute approximate surface area is 129 Å². The van der Waals surface area contributed by atoms with Gasteiger partial charge in [-0.25, -0.2) is 13.1 Å². The van der Waals surface area contributed by atoms with E-state index in [1.807, 2.05) is 31.2 Å². The highest BCUT2D eigenvalue weighted by Gasteiger charge is 2.20. The van der Waals surface area contributed by atoms with E-state index in [0.717, 1.165) is 11.1 Å². The Hall–Kier alpha value is -1.83. The first-order chi connectivity index (χ1) is 9.92. The molecule has 0 spiro atoms. The van der Waals surface area contributed by atoms with Crippen LogP contribution < -0.4 is 10.5 Å². The quantitative estimate of drug-likeness (QED) is 0.815. The van der Waals surface area contributed by atoms with Crippen molar-refractivity contribution in [2.75, 3.05) is 0 Å². The number of pyridine rings is 1. The van der Waals surface area contributed by atoms with E-state index in [1.165, 1.54) is 18.3 Å². The maximum absolute atomic E-state index is 12.4. The summed E-state index contributed by atoms with van der Waals surface area (Å²) in [6.07, 6.45) is 1.45. The number of aromatic nitrogens is 1. The van der Waals surface area contributed by atoms with Gasteiger partial charge in [0.1, 0.15) is 15.6 Å². The Morgan fingerprint density at radius 1 is 1.29 bits per heavy atom. The Bertz CT molecular complexity index is 773. The maximum Gasteiger partial charge on any atom is 0.243 e. The summed E-state index contributed by atoms with van der Waals surface area (Å²) in [4.78, 5) is 3.87. The van der Waals surface area contributed by atoms with E-state index in [1.54, 1.807) is 0 Å². The van der Waals surface area contributed by atoms with E-state index in [9.17, 15) is 8.42 Å². The van der Waals surface area contributed by atoms with Gasteiger partial charge in [0.25, 0.3) is 0 Å². The Morgan fingerprint density at radius 3 is 2.67 bits per heavy atom. The average molecular weight is 321 g/mol. The minimum atomic E-state index is -3.73. The first-order valence-corrected chi connectivity index (χ1v) is 8.10. The summed E-state index contributed by atoms with van der Waals surface area (Å²) in [6.45, 7) is 2.12. The molecule has 7 heteroatoms. The fourth-order valence-electron chi connectivity index (χ4n) is 1.85. The van der Waals surface area contributed by atoms with Crippen molar-refractivity contribution in [2.24, 2.45) is 5.73 Å². The van der Waals surface area contributed by atoms with Crippen LogP contribution in [0.25, 0.3) is 0 Å². The SMILES string of the molecule is Cc1ccccc1CNS(=O)(=O)c1cccnc1C(N)=S. The fraction of sp³-hybridized carbons (Fsp3) is 0.143. The van der Waals surface area contributed by atoms with Crippen LogP contribution in [-0.2, 0) is 16.6 Å². The number of benzene rings is 1. The van der Waals surface area contributed by atoms with Gasteiger partial charge in [-0.15, -0.1) is 0 Å². The largest absolute Gasteiger partial charge is 0.388 e. The highest BCUT2D eigenvalue weighted by Crippen LogP contribution is 2.14. The van der Waals surface area contributed by atoms with Gasteiger partial charge < -0.3 is 5.73 Å². The van der Waals surface area contributed by atoms with Crippen molar-refractivity contribution in [3.8, 4) is 0 Å². The minimum Gasteiger partial charge on any atom is -0.388 e. The number of hydrogen-bond acceptors (Lipinski definition) is 4. The number of thiocarbonyl (C=S) groups is 1. The molecule has 0 aliphatic heterocycles. The lowest BCUT2D eigenvalue weighted by atomic mass is 10.1. The van der Waals surface area contributed by atoms with Gasteiger partial charge in [-0.1, -0.05) is 36.5 Å². The molecule has 1 heterocycles. The van der Waals surface area contributed by atoms with Gasteiger partial charge in [-0.2, -0.15) is 0 Å². The summed E-state index contributed by atoms with van der Waals surface area (Å²) < 4.78 is 27.3. The molecule has 1 aromatic carbocycles. The van der Waals surface area contributed by atoms with Gasteiger partial charge in [0, 0.05) is 12.7 Å². The zero-order valence-electron chi connectivity index (χ0n) is 11.4. The van der Waals surface area contributed by atoms with E-state index in [-0.39, 0.29) is 22.1 Å². The molecule has 0 bridgehead atoms. The highest BCUT2D eigenvalue weighted by molar-refractivity contribution is 7.89. The normalized spacial score (nSPS) is 11.3. The number of nitrogens with two attached hydrogens (primary N) is 1. The second-order valence-corrected chi connectivity index (χ2v) is 6.64. The second kappa shape index (κ2) is 6.30. The van der Waals surface area contributed by atoms with Crippen LogP contribution in [0.4, 0.5) is 0 Å². The van der Waals surface area contributed by atoms with Crippen molar-refractivity contribution < 1.29 is 8.42 Å². The van der Waals surface area contributed by atoms with Crippen LogP contribution in [-0.4, -0.2) is 18.4 Å². The maximum atomic E-state index is 12.4. The molecule has 0 amide bonds. The van der Waals surface area contributed by atoms with Gasteiger partial charge >= 0.3 is 0 Å². The van der Waals surface area contributed by atoms with Crippen molar-refractivity contribution in [1.82, 2.24) is 9.71 Å². The molecule has 2 aromatic rings. The summed E-state index contributed by atoms with van der Waals surface area (Å²) in [5.74, 6) is 0. The van der Waals surface area contributed by atoms with Crippen molar-refractivity contribution in [3.05, 3.63) is 59.4 Å². The molecule has 0 unspecified atom stereocenters. The predicted octanol–water partition coefficient (Wildman–Crippen LogP) is 1.50. The molecular weight excluding hydrogens is 306 g/mol. The van der Waals surface area contributed by atoms with E-state index < -0.39 is 10.0 Å². The molecule has 0 saturated heterocycles. The number of rotatable bonds is 5. The molecule has 0 saturated carbocycles. The Morgan fingerprint density at radius 2 is 2.00 bits per heavy atom. The van der Waals surface area contributed by atoms with Crippen molar-refractivity contribution >= 4 is 27.2 Å². The van der Waals surface area contributed by atoms with Crippen LogP contribution >= 0.6 is 12.2 Å². The molecule has 110 valence electrons. The number of nitrogens with one attached hydrogen (secondary N) is 1. The zero-order chi connectivity index (χ0) is 15.5. The van der Waals surface area contributed by atoms with Crippen LogP contribution in [0.5, 0.6) is 0 Å². The summed E-state index contributed by atoms with van der Waals surface area (Å²) in [5, 5.41) is 0. The van der Waals surface area contributed by atoms with Gasteiger partial charge in [-0.05, 0) is 30.2 Å². The first kappa shape index (κ1) is 15.6. The second-order valence-electron chi connectivity index (χ2n) is 4.47. The Balaban J connectivity index is 2.28. The molecule has 1 aromatic heterocycles. The lowest BCUT2D eigenvalue weighted by Gasteiger charge is -2.11. The number of aryl methyl sites for hydroxylation is 1. The Kier molecular flexibility index (Phi) is 4.66. The zero-order valence-corrected chi connectivity index (χ0v) is 13.0. The molecule has 3 N–H and O–H groups in total. The molecule has 0 atom stereocenters. The number of sulfonamides is 1. The van der Waals surface area contributed by atoms with Gasteiger partial charge in [0.2, 0.25) is 10.0 Å². The third-order valence-corrected chi connectivity index (χ3v) is 4.63.